The van der Waals surface area contributed by atoms with Crippen molar-refractivity contribution < 1.29 is 0 Å². The van der Waals surface area contributed by atoms with Gasteiger partial charge in [0, 0.05) is 52.5 Å². The van der Waals surface area contributed by atoms with Gasteiger partial charge >= 0.3 is 5.69 Å². The van der Waals surface area contributed by atoms with E-state index >= 15 is 0 Å². The molecule has 0 saturated carbocycles. The van der Waals surface area contributed by atoms with E-state index in [0.29, 0.717) is 23.7 Å². The zero-order valence-electron chi connectivity index (χ0n) is 16.6. The molecule has 1 aromatic carbocycles. The van der Waals surface area contributed by atoms with Crippen LogP contribution in [-0.4, -0.2) is 44.9 Å². The van der Waals surface area contributed by atoms with Crippen LogP contribution in [0.3, 0.4) is 0 Å². The van der Waals surface area contributed by atoms with E-state index in [9.17, 15) is 9.59 Å². The standard InChI is InChI=1S/C20H23N7O2/c1-23-17-16(18(28)24(2)20(23)29)27(10-6-9-21)19(22-17)26-13-11-25(12-14-26)15-7-4-3-5-8-15/h3-5,7-8H,6,10-14H2,1-2H3. The molecule has 0 radical (unpaired) electrons. The van der Waals surface area contributed by atoms with Crippen LogP contribution >= 0.6 is 0 Å². The third-order valence-corrected chi connectivity index (χ3v) is 5.46. The van der Waals surface area contributed by atoms with Gasteiger partial charge in [0.05, 0.1) is 12.5 Å². The molecule has 3 aromatic rings. The monoisotopic (exact) mass is 393 g/mol. The first-order chi connectivity index (χ1) is 14.0. The molecule has 1 aliphatic rings. The van der Waals surface area contributed by atoms with Crippen LogP contribution in [0.15, 0.2) is 39.9 Å². The Balaban J connectivity index is 1.73. The molecule has 9 nitrogen and oxygen atoms in total. The van der Waals surface area contributed by atoms with Crippen LogP contribution in [0.4, 0.5) is 11.6 Å². The molecule has 0 amide bonds. The molecule has 0 bridgehead atoms. The molecule has 9 heteroatoms. The van der Waals surface area contributed by atoms with Crippen LogP contribution < -0.4 is 21.0 Å². The number of nitriles is 1. The summed E-state index contributed by atoms with van der Waals surface area (Å²) in [6, 6.07) is 12.4. The van der Waals surface area contributed by atoms with E-state index in [4.69, 9.17) is 5.26 Å². The predicted molar refractivity (Wildman–Crippen MR) is 111 cm³/mol. The number of hydrogen-bond donors (Lipinski definition) is 0. The van der Waals surface area contributed by atoms with Crippen molar-refractivity contribution in [3.05, 3.63) is 51.2 Å². The number of hydrogen-bond acceptors (Lipinski definition) is 6. The van der Waals surface area contributed by atoms with Gasteiger partial charge in [-0.25, -0.2) is 4.79 Å². The second kappa shape index (κ2) is 7.47. The van der Waals surface area contributed by atoms with Gasteiger partial charge in [-0.05, 0) is 12.1 Å². The number of nitrogens with zero attached hydrogens (tertiary/aromatic N) is 7. The molecule has 3 heterocycles. The zero-order chi connectivity index (χ0) is 20.5. The van der Waals surface area contributed by atoms with E-state index in [2.05, 4.69) is 33.0 Å². The van der Waals surface area contributed by atoms with Crippen molar-refractivity contribution in [1.82, 2.24) is 18.7 Å². The van der Waals surface area contributed by atoms with E-state index in [1.165, 1.54) is 17.3 Å². The van der Waals surface area contributed by atoms with Crippen LogP contribution in [0.25, 0.3) is 11.2 Å². The van der Waals surface area contributed by atoms with Gasteiger partial charge in [-0.15, -0.1) is 0 Å². The third-order valence-electron chi connectivity index (χ3n) is 5.46. The number of piperazine rings is 1. The van der Waals surface area contributed by atoms with Crippen molar-refractivity contribution in [2.75, 3.05) is 36.0 Å². The van der Waals surface area contributed by atoms with Gasteiger partial charge < -0.3 is 14.4 Å². The van der Waals surface area contributed by atoms with E-state index in [1.807, 2.05) is 18.2 Å². The van der Waals surface area contributed by atoms with Crippen LogP contribution in [0.5, 0.6) is 0 Å². The average Bonchev–Trinajstić information content (AvgIpc) is 3.15. The minimum atomic E-state index is -0.409. The van der Waals surface area contributed by atoms with Crippen molar-refractivity contribution in [2.45, 2.75) is 13.0 Å². The Morgan fingerprint density at radius 2 is 1.66 bits per heavy atom. The SMILES string of the molecule is Cn1c(=O)c2c(nc(N3CCN(c4ccccc4)CC3)n2CCC#N)n(C)c1=O. The first kappa shape index (κ1) is 18.8. The third kappa shape index (κ3) is 3.16. The number of anilines is 2. The highest BCUT2D eigenvalue weighted by Crippen LogP contribution is 2.23. The van der Waals surface area contributed by atoms with Gasteiger partial charge in [0.2, 0.25) is 5.95 Å². The van der Waals surface area contributed by atoms with Gasteiger partial charge in [0.1, 0.15) is 0 Å². The molecule has 0 spiro atoms. The zero-order valence-corrected chi connectivity index (χ0v) is 16.6. The Morgan fingerprint density at radius 1 is 1.00 bits per heavy atom. The van der Waals surface area contributed by atoms with E-state index in [1.54, 1.807) is 11.6 Å². The van der Waals surface area contributed by atoms with Crippen molar-refractivity contribution in [2.24, 2.45) is 14.1 Å². The molecule has 1 aliphatic heterocycles. The smallest absolute Gasteiger partial charge is 0.332 e. The fraction of sp³-hybridized carbons (Fsp3) is 0.400. The summed E-state index contributed by atoms with van der Waals surface area (Å²) >= 11 is 0. The summed E-state index contributed by atoms with van der Waals surface area (Å²) in [6.45, 7) is 3.47. The highest BCUT2D eigenvalue weighted by molar-refractivity contribution is 5.74. The Kier molecular flexibility index (Phi) is 4.84. The van der Waals surface area contributed by atoms with Gasteiger partial charge in [-0.1, -0.05) is 18.2 Å². The number of fused-ring (bicyclic) bond motifs is 1. The van der Waals surface area contributed by atoms with Crippen molar-refractivity contribution in [3.8, 4) is 6.07 Å². The molecular weight excluding hydrogens is 370 g/mol. The number of para-hydroxylation sites is 1. The Morgan fingerprint density at radius 3 is 2.31 bits per heavy atom. The maximum absolute atomic E-state index is 12.8. The first-order valence-corrected chi connectivity index (χ1v) is 9.61. The quantitative estimate of drug-likeness (QED) is 0.647. The van der Waals surface area contributed by atoms with E-state index in [-0.39, 0.29) is 12.0 Å². The molecule has 4 rings (SSSR count). The summed E-state index contributed by atoms with van der Waals surface area (Å²) in [5.74, 6) is 0.640. The van der Waals surface area contributed by atoms with Gasteiger partial charge in [-0.3, -0.25) is 13.9 Å². The Hall–Kier alpha value is -3.54. The minimum Gasteiger partial charge on any atom is -0.368 e. The number of aromatic nitrogens is 4. The van der Waals surface area contributed by atoms with Crippen LogP contribution in [-0.2, 0) is 20.6 Å². The van der Waals surface area contributed by atoms with Crippen molar-refractivity contribution >= 4 is 22.8 Å². The molecule has 150 valence electrons. The number of rotatable bonds is 4. The molecule has 29 heavy (non-hydrogen) atoms. The summed E-state index contributed by atoms with van der Waals surface area (Å²) in [5, 5.41) is 9.08. The van der Waals surface area contributed by atoms with Crippen LogP contribution in [0.2, 0.25) is 0 Å². The summed E-state index contributed by atoms with van der Waals surface area (Å²) in [5.41, 5.74) is 1.11. The van der Waals surface area contributed by atoms with E-state index < -0.39 is 5.69 Å². The second-order valence-electron chi connectivity index (χ2n) is 7.16. The van der Waals surface area contributed by atoms with Gasteiger partial charge in [-0.2, -0.15) is 10.2 Å². The van der Waals surface area contributed by atoms with Crippen molar-refractivity contribution in [1.29, 1.82) is 5.26 Å². The minimum absolute atomic E-state index is 0.258. The van der Waals surface area contributed by atoms with E-state index in [0.717, 1.165) is 30.7 Å². The summed E-state index contributed by atoms with van der Waals surface area (Å²) in [4.78, 5) is 34.2. The molecule has 1 saturated heterocycles. The first-order valence-electron chi connectivity index (χ1n) is 9.61. The Bertz CT molecular complexity index is 1190. The lowest BCUT2D eigenvalue weighted by molar-refractivity contribution is 0.615. The second-order valence-corrected chi connectivity index (χ2v) is 7.16. The average molecular weight is 393 g/mol. The molecular formula is C20H23N7O2. The molecule has 0 atom stereocenters. The number of aryl methyl sites for hydroxylation is 2. The summed E-state index contributed by atoms with van der Waals surface area (Å²) < 4.78 is 4.27. The topological polar surface area (TPSA) is 92.1 Å². The maximum Gasteiger partial charge on any atom is 0.332 e. The summed E-state index contributed by atoms with van der Waals surface area (Å²) in [7, 11) is 3.08. The molecule has 0 N–H and O–H groups in total. The van der Waals surface area contributed by atoms with Crippen molar-refractivity contribution in [3.63, 3.8) is 0 Å². The van der Waals surface area contributed by atoms with Crippen LogP contribution in [0, 0.1) is 11.3 Å². The lowest BCUT2D eigenvalue weighted by Gasteiger charge is -2.36. The highest BCUT2D eigenvalue weighted by atomic mass is 16.2. The lowest BCUT2D eigenvalue weighted by atomic mass is 10.2. The highest BCUT2D eigenvalue weighted by Gasteiger charge is 2.25. The Labute approximate surface area is 167 Å². The van der Waals surface area contributed by atoms with Crippen LogP contribution in [0.1, 0.15) is 6.42 Å². The molecule has 1 fully saturated rings. The fourth-order valence-corrected chi connectivity index (χ4v) is 3.85. The number of benzene rings is 1. The van der Waals surface area contributed by atoms with Gasteiger partial charge in [0.25, 0.3) is 5.56 Å². The maximum atomic E-state index is 12.8. The lowest BCUT2D eigenvalue weighted by Crippen LogP contribution is -2.47. The molecule has 2 aromatic heterocycles. The predicted octanol–water partition coefficient (Wildman–Crippen LogP) is 0.674. The molecule has 0 unspecified atom stereocenters. The normalized spacial score (nSPS) is 14.4. The molecule has 0 aliphatic carbocycles. The summed E-state index contributed by atoms with van der Waals surface area (Å²) in [6.07, 6.45) is 0.258. The van der Waals surface area contributed by atoms with Gasteiger partial charge in [0.15, 0.2) is 11.2 Å². The fourth-order valence-electron chi connectivity index (χ4n) is 3.85. The number of imidazole rings is 1. The largest absolute Gasteiger partial charge is 0.368 e.